The lowest BCUT2D eigenvalue weighted by Crippen LogP contribution is -2.39. The highest BCUT2D eigenvalue weighted by Crippen LogP contribution is 2.36. The number of nitrogens with one attached hydrogen (secondary N) is 1. The number of nitrogens with zero attached hydrogens (tertiary/aromatic N) is 7. The SMILES string of the molecule is O=C(Nc1nc2ccc(-c3c(-c4ccc(F)cc4)nn4c3CN(C(=O)c3ccccc3F)CC4)nn2c1F)c1ccncc1. The van der Waals surface area contributed by atoms with Crippen LogP contribution in [0.3, 0.4) is 0 Å². The van der Waals surface area contributed by atoms with Crippen molar-refractivity contribution in [3.63, 3.8) is 0 Å². The Morgan fingerprint density at radius 3 is 2.39 bits per heavy atom. The molecule has 1 N–H and O–H groups in total. The predicted octanol–water partition coefficient (Wildman–Crippen LogP) is 4.98. The fraction of sp³-hybridized carbons (Fsp3) is 0.0968. The quantitative estimate of drug-likeness (QED) is 0.302. The maximum atomic E-state index is 15.6. The Hall–Kier alpha value is -5.85. The van der Waals surface area contributed by atoms with Crippen molar-refractivity contribution in [3.8, 4) is 22.5 Å². The third kappa shape index (κ3) is 4.73. The van der Waals surface area contributed by atoms with Crippen molar-refractivity contribution in [2.24, 2.45) is 0 Å². The Morgan fingerprint density at radius 1 is 0.841 bits per heavy atom. The van der Waals surface area contributed by atoms with Crippen molar-refractivity contribution in [1.82, 2.24) is 34.3 Å². The minimum absolute atomic E-state index is 0.0536. The Bertz CT molecular complexity index is 2060. The summed E-state index contributed by atoms with van der Waals surface area (Å²) in [6, 6.07) is 17.6. The summed E-state index contributed by atoms with van der Waals surface area (Å²) in [6.07, 6.45) is 2.89. The van der Waals surface area contributed by atoms with Gasteiger partial charge in [-0.1, -0.05) is 12.1 Å². The van der Waals surface area contributed by atoms with Gasteiger partial charge in [0, 0.05) is 30.1 Å². The van der Waals surface area contributed by atoms with Gasteiger partial charge in [-0.2, -0.15) is 19.1 Å². The number of amides is 2. The average Bonchev–Trinajstić information content (AvgIpc) is 3.58. The molecule has 1 aliphatic rings. The van der Waals surface area contributed by atoms with Gasteiger partial charge < -0.3 is 10.2 Å². The maximum absolute atomic E-state index is 15.6. The number of benzene rings is 2. The van der Waals surface area contributed by atoms with Crippen molar-refractivity contribution >= 4 is 23.3 Å². The summed E-state index contributed by atoms with van der Waals surface area (Å²) in [5, 5.41) is 11.7. The van der Waals surface area contributed by atoms with E-state index in [1.807, 2.05) is 0 Å². The summed E-state index contributed by atoms with van der Waals surface area (Å²) in [7, 11) is 0. The second-order valence-electron chi connectivity index (χ2n) is 10.0. The van der Waals surface area contributed by atoms with Crippen LogP contribution >= 0.6 is 0 Å². The molecule has 2 aromatic carbocycles. The number of rotatable bonds is 5. The molecule has 1 aliphatic heterocycles. The zero-order chi connectivity index (χ0) is 30.4. The van der Waals surface area contributed by atoms with Gasteiger partial charge >= 0.3 is 0 Å². The lowest BCUT2D eigenvalue weighted by atomic mass is 10.0. The predicted molar refractivity (Wildman–Crippen MR) is 153 cm³/mol. The van der Waals surface area contributed by atoms with Gasteiger partial charge in [-0.25, -0.2) is 13.8 Å². The van der Waals surface area contributed by atoms with Crippen molar-refractivity contribution in [2.75, 3.05) is 11.9 Å². The van der Waals surface area contributed by atoms with E-state index in [4.69, 9.17) is 5.10 Å². The van der Waals surface area contributed by atoms with E-state index in [0.717, 1.165) is 4.52 Å². The largest absolute Gasteiger partial charge is 0.331 e. The smallest absolute Gasteiger partial charge is 0.259 e. The molecular weight excluding hydrogens is 573 g/mol. The highest BCUT2D eigenvalue weighted by molar-refractivity contribution is 6.03. The Morgan fingerprint density at radius 2 is 1.61 bits per heavy atom. The molecule has 0 saturated carbocycles. The molecule has 4 aromatic heterocycles. The van der Waals surface area contributed by atoms with Gasteiger partial charge in [0.25, 0.3) is 17.8 Å². The fourth-order valence-corrected chi connectivity index (χ4v) is 5.18. The standard InChI is InChI=1S/C31H21F3N8O2/c32-20-7-5-18(6-8-20)27-26(24-17-40(15-16-41(24)39-27)31(44)21-3-1-2-4-22(21)33)23-9-10-25-36-29(28(34)42(25)38-23)37-30(43)19-11-13-35-14-12-19/h1-14H,15-17H2,(H,37,43). The first-order valence-electron chi connectivity index (χ1n) is 13.5. The summed E-state index contributed by atoms with van der Waals surface area (Å²) in [5.41, 5.74) is 2.74. The van der Waals surface area contributed by atoms with E-state index in [2.05, 4.69) is 20.4 Å². The molecule has 0 atom stereocenters. The molecule has 5 heterocycles. The van der Waals surface area contributed by atoms with Crippen LogP contribution < -0.4 is 5.32 Å². The maximum Gasteiger partial charge on any atom is 0.259 e. The van der Waals surface area contributed by atoms with Gasteiger partial charge in [-0.15, -0.1) is 0 Å². The number of imidazole rings is 1. The van der Waals surface area contributed by atoms with E-state index in [9.17, 15) is 18.4 Å². The molecule has 7 rings (SSSR count). The van der Waals surface area contributed by atoms with Gasteiger partial charge in [-0.05, 0) is 60.7 Å². The van der Waals surface area contributed by atoms with E-state index in [1.54, 1.807) is 28.9 Å². The molecular formula is C31H21F3N8O2. The first-order chi connectivity index (χ1) is 21.4. The summed E-state index contributed by atoms with van der Waals surface area (Å²) in [4.78, 5) is 35.5. The molecule has 0 unspecified atom stereocenters. The second-order valence-corrected chi connectivity index (χ2v) is 10.0. The zero-order valence-electron chi connectivity index (χ0n) is 22.8. The molecule has 6 aromatic rings. The molecule has 0 saturated heterocycles. The number of halogens is 3. The fourth-order valence-electron chi connectivity index (χ4n) is 5.18. The highest BCUT2D eigenvalue weighted by Gasteiger charge is 2.30. The van der Waals surface area contributed by atoms with E-state index >= 15 is 4.39 Å². The number of carbonyl (C=O) groups is 2. The molecule has 2 amide bonds. The zero-order valence-corrected chi connectivity index (χ0v) is 22.8. The third-order valence-corrected chi connectivity index (χ3v) is 7.34. The van der Waals surface area contributed by atoms with Gasteiger partial charge in [0.05, 0.1) is 35.6 Å². The van der Waals surface area contributed by atoms with Crippen LogP contribution in [0.5, 0.6) is 0 Å². The average molecular weight is 595 g/mol. The second kappa shape index (κ2) is 10.8. The Kier molecular flexibility index (Phi) is 6.61. The van der Waals surface area contributed by atoms with E-state index in [1.165, 1.54) is 65.8 Å². The van der Waals surface area contributed by atoms with Crippen LogP contribution in [-0.4, -0.2) is 52.6 Å². The molecule has 0 spiro atoms. The van der Waals surface area contributed by atoms with Crippen LogP contribution in [0.15, 0.2) is 85.2 Å². The van der Waals surface area contributed by atoms with Crippen LogP contribution in [0, 0.1) is 17.6 Å². The van der Waals surface area contributed by atoms with E-state index in [-0.39, 0.29) is 35.7 Å². The van der Waals surface area contributed by atoms with Gasteiger partial charge in [-0.3, -0.25) is 19.3 Å². The van der Waals surface area contributed by atoms with Gasteiger partial charge in [0.1, 0.15) is 17.3 Å². The number of aromatic nitrogens is 6. The lowest BCUT2D eigenvalue weighted by Gasteiger charge is -2.28. The normalized spacial score (nSPS) is 12.8. The lowest BCUT2D eigenvalue weighted by molar-refractivity contribution is 0.0701. The molecule has 0 aliphatic carbocycles. The molecule has 13 heteroatoms. The van der Waals surface area contributed by atoms with Crippen molar-refractivity contribution in [2.45, 2.75) is 13.1 Å². The number of carbonyl (C=O) groups excluding carboxylic acids is 2. The molecule has 0 bridgehead atoms. The molecule has 44 heavy (non-hydrogen) atoms. The van der Waals surface area contributed by atoms with Crippen molar-refractivity contribution in [1.29, 1.82) is 0 Å². The Labute approximate surface area is 247 Å². The van der Waals surface area contributed by atoms with Crippen molar-refractivity contribution in [3.05, 3.63) is 120 Å². The first kappa shape index (κ1) is 27.0. The minimum Gasteiger partial charge on any atom is -0.331 e. The monoisotopic (exact) mass is 594 g/mol. The molecule has 218 valence electrons. The summed E-state index contributed by atoms with van der Waals surface area (Å²) in [6.45, 7) is 0.639. The van der Waals surface area contributed by atoms with Crippen molar-refractivity contribution < 1.29 is 22.8 Å². The molecule has 0 radical (unpaired) electrons. The summed E-state index contributed by atoms with van der Waals surface area (Å²) >= 11 is 0. The number of hydrogen-bond donors (Lipinski definition) is 1. The summed E-state index contributed by atoms with van der Waals surface area (Å²) in [5.74, 6) is -3.32. The Balaban J connectivity index is 1.31. The number of fused-ring (bicyclic) bond motifs is 2. The highest BCUT2D eigenvalue weighted by atomic mass is 19.1. The first-order valence-corrected chi connectivity index (χ1v) is 13.5. The topological polar surface area (TPSA) is 110 Å². The third-order valence-electron chi connectivity index (χ3n) is 7.34. The molecule has 10 nitrogen and oxygen atoms in total. The van der Waals surface area contributed by atoms with Gasteiger partial charge in [0.2, 0.25) is 0 Å². The van der Waals surface area contributed by atoms with Crippen LogP contribution in [0.25, 0.3) is 28.2 Å². The van der Waals surface area contributed by atoms with Gasteiger partial charge in [0.15, 0.2) is 11.5 Å². The van der Waals surface area contributed by atoms with Crippen LogP contribution in [0.1, 0.15) is 26.4 Å². The number of hydrogen-bond acceptors (Lipinski definition) is 6. The minimum atomic E-state index is -0.898. The molecule has 0 fully saturated rings. The number of anilines is 1. The van der Waals surface area contributed by atoms with Crippen LogP contribution in [0.4, 0.5) is 19.0 Å². The van der Waals surface area contributed by atoms with Crippen LogP contribution in [0.2, 0.25) is 0 Å². The number of pyridine rings is 1. The van der Waals surface area contributed by atoms with E-state index in [0.29, 0.717) is 34.8 Å². The van der Waals surface area contributed by atoms with E-state index < -0.39 is 29.4 Å². The summed E-state index contributed by atoms with van der Waals surface area (Å²) < 4.78 is 46.6. The van der Waals surface area contributed by atoms with Crippen LogP contribution in [-0.2, 0) is 13.1 Å².